The zero-order chi connectivity index (χ0) is 25.4. The lowest BCUT2D eigenvalue weighted by Crippen LogP contribution is -2.46. The number of carbonyl (C=O) groups is 4. The van der Waals surface area contributed by atoms with E-state index >= 15 is 0 Å². The Balaban J connectivity index is -0.000000407. The molecule has 5 unspecified atom stereocenters. The van der Waals surface area contributed by atoms with Crippen LogP contribution in [0.15, 0.2) is 12.2 Å². The second-order valence-corrected chi connectivity index (χ2v) is 6.72. The molecule has 1 aliphatic rings. The Hall–Kier alpha value is -2.01. The van der Waals surface area contributed by atoms with E-state index in [9.17, 15) is 19.2 Å². The summed E-state index contributed by atoms with van der Waals surface area (Å²) in [6.07, 6.45) is -2.43. The van der Waals surface area contributed by atoms with E-state index in [1.54, 1.807) is 6.08 Å². The van der Waals surface area contributed by atoms with E-state index in [2.05, 4.69) is 0 Å². The molecule has 0 radical (unpaired) electrons. The van der Waals surface area contributed by atoms with Crippen LogP contribution < -0.4 is 17.2 Å². The van der Waals surface area contributed by atoms with Crippen LogP contribution in [0.25, 0.3) is 0 Å². The Kier molecular flexibility index (Phi) is 21.0. The fourth-order valence-corrected chi connectivity index (χ4v) is 2.10. The van der Waals surface area contributed by atoms with Gasteiger partial charge in [-0.3, -0.25) is 14.4 Å². The second kappa shape index (κ2) is 19.5. The van der Waals surface area contributed by atoms with Gasteiger partial charge < -0.3 is 57.7 Å². The lowest BCUT2D eigenvalue weighted by atomic mass is 9.90. The predicted molar refractivity (Wildman–Crippen MR) is 116 cm³/mol. The molecule has 7 atom stereocenters. The van der Waals surface area contributed by atoms with Crippen molar-refractivity contribution in [3.05, 3.63) is 12.2 Å². The van der Waals surface area contributed by atoms with Crippen LogP contribution in [0.2, 0.25) is 0 Å². The van der Waals surface area contributed by atoms with Crippen molar-refractivity contribution in [2.75, 3.05) is 13.2 Å². The largest absolute Gasteiger partial charge is 0.481 e. The Bertz CT molecular complexity index is 623. The van der Waals surface area contributed by atoms with Gasteiger partial charge >= 0.3 is 11.9 Å². The number of Topliss-reactive ketones (excluding diaryl/α,β-unsaturated/α-hetero) is 1. The number of ketones is 1. The van der Waals surface area contributed by atoms with Gasteiger partial charge in [0.25, 0.3) is 0 Å². The maximum atomic E-state index is 10.9. The number of hydrogen-bond donors (Lipinski definition) is 10. The third kappa shape index (κ3) is 14.7. The Morgan fingerprint density at radius 1 is 1.15 bits per heavy atom. The maximum absolute atomic E-state index is 10.9. The number of carboxylic acids is 2. The van der Waals surface area contributed by atoms with Gasteiger partial charge in [-0.25, -0.2) is 0 Å². The average molecular weight is 504 g/mol. The number of aldehydes is 1. The molecule has 0 aromatic rings. The molecular weight excluding hydrogens is 470 g/mol. The van der Waals surface area contributed by atoms with Crippen LogP contribution in [0.5, 0.6) is 0 Å². The van der Waals surface area contributed by atoms with Gasteiger partial charge in [-0.15, -0.1) is 12.4 Å². The summed E-state index contributed by atoms with van der Waals surface area (Å²) in [7, 11) is 0. The van der Waals surface area contributed by atoms with Gasteiger partial charge in [0.15, 0.2) is 12.1 Å². The molecule has 0 spiro atoms. The molecule has 0 aromatic heterocycles. The van der Waals surface area contributed by atoms with E-state index in [0.29, 0.717) is 19.4 Å². The third-order valence-electron chi connectivity index (χ3n) is 4.16. The van der Waals surface area contributed by atoms with Gasteiger partial charge in [0.1, 0.15) is 30.5 Å². The van der Waals surface area contributed by atoms with Gasteiger partial charge in [-0.1, -0.05) is 12.2 Å². The number of nitrogens with two attached hydrogens (primary N) is 3. The number of halogens is 1. The van der Waals surface area contributed by atoms with Crippen molar-refractivity contribution in [1.82, 2.24) is 0 Å². The summed E-state index contributed by atoms with van der Waals surface area (Å²) >= 11 is 0. The van der Waals surface area contributed by atoms with Gasteiger partial charge in [-0.2, -0.15) is 0 Å². The highest BCUT2D eigenvalue weighted by atomic mass is 35.5. The van der Waals surface area contributed by atoms with Gasteiger partial charge in [0.2, 0.25) is 0 Å². The van der Waals surface area contributed by atoms with Crippen LogP contribution in [-0.4, -0.2) is 109 Å². The molecule has 15 heteroatoms. The first kappa shape index (κ1) is 35.6. The fourth-order valence-electron chi connectivity index (χ4n) is 2.10. The highest BCUT2D eigenvalue weighted by Gasteiger charge is 2.30. The number of rotatable bonds is 10. The first-order valence-electron chi connectivity index (χ1n) is 9.50. The summed E-state index contributed by atoms with van der Waals surface area (Å²) in [6.45, 7) is -0.259. The van der Waals surface area contributed by atoms with Gasteiger partial charge in [0, 0.05) is 6.42 Å². The SMILES string of the molecule is Cl.NCCCC(N)C(=O)O.N[C@@H]1C(=O)CC=C[C@H]1C(=O)O.O=CC(O)C(O)C(O)C(O)CO. The summed E-state index contributed by atoms with van der Waals surface area (Å²) in [5.74, 6) is -3.04. The number of allylic oxidation sites excluding steroid dienone is 1. The number of aliphatic hydroxyl groups is 5. The van der Waals surface area contributed by atoms with Crippen molar-refractivity contribution in [1.29, 1.82) is 0 Å². The quantitative estimate of drug-likeness (QED) is 0.0996. The van der Waals surface area contributed by atoms with E-state index in [-0.39, 0.29) is 30.9 Å². The Morgan fingerprint density at radius 2 is 1.70 bits per heavy atom. The first-order valence-corrected chi connectivity index (χ1v) is 9.50. The molecular formula is C18H34ClN3O11. The molecule has 0 saturated heterocycles. The highest BCUT2D eigenvalue weighted by Crippen LogP contribution is 2.13. The molecule has 0 heterocycles. The van der Waals surface area contributed by atoms with Crippen LogP contribution in [0.4, 0.5) is 0 Å². The van der Waals surface area contributed by atoms with Crippen LogP contribution in [0.3, 0.4) is 0 Å². The molecule has 1 aliphatic carbocycles. The molecule has 194 valence electrons. The fraction of sp³-hybridized carbons (Fsp3) is 0.667. The highest BCUT2D eigenvalue weighted by molar-refractivity contribution is 5.92. The summed E-state index contributed by atoms with van der Waals surface area (Å²) in [4.78, 5) is 41.2. The monoisotopic (exact) mass is 503 g/mol. The zero-order valence-electron chi connectivity index (χ0n) is 17.7. The average Bonchev–Trinajstić information content (AvgIpc) is 2.77. The van der Waals surface area contributed by atoms with E-state index in [0.717, 1.165) is 0 Å². The molecule has 14 nitrogen and oxygen atoms in total. The smallest absolute Gasteiger partial charge is 0.320 e. The van der Waals surface area contributed by atoms with Gasteiger partial charge in [-0.05, 0) is 19.4 Å². The van der Waals surface area contributed by atoms with Crippen molar-refractivity contribution in [3.63, 3.8) is 0 Å². The lowest BCUT2D eigenvalue weighted by molar-refractivity contribution is -0.143. The van der Waals surface area contributed by atoms with Crippen molar-refractivity contribution in [2.24, 2.45) is 23.1 Å². The molecule has 0 amide bonds. The predicted octanol–water partition coefficient (Wildman–Crippen LogP) is -4.28. The first-order chi connectivity index (χ1) is 14.8. The number of aliphatic carboxylic acids is 2. The van der Waals surface area contributed by atoms with Crippen molar-refractivity contribution >= 4 is 36.4 Å². The molecule has 0 bridgehead atoms. The standard InChI is InChI=1S/C7H9NO3.C6H12O6.C5H12N2O2.ClH/c8-6-4(7(10)11)2-1-3-5(6)9;7-1-3(9)5(11)6(12)4(10)2-8;6-3-1-2-4(7)5(8)9;/h1-2,4,6H,3,8H2,(H,10,11);1,3-6,8-12H,2H2;4H,1-3,6-7H2,(H,8,9);1H/t4-,6+;;;/m1.../s1. The molecule has 13 N–H and O–H groups in total. The summed E-state index contributed by atoms with van der Waals surface area (Å²) in [6, 6.07) is -1.61. The molecule has 0 aliphatic heterocycles. The van der Waals surface area contributed by atoms with E-state index in [4.69, 9.17) is 52.9 Å². The second-order valence-electron chi connectivity index (χ2n) is 6.72. The number of aliphatic hydroxyl groups excluding tert-OH is 5. The van der Waals surface area contributed by atoms with Crippen LogP contribution in [-0.2, 0) is 19.2 Å². The normalized spacial score (nSPS) is 21.4. The molecule has 0 aromatic carbocycles. The maximum Gasteiger partial charge on any atom is 0.320 e. The van der Waals surface area contributed by atoms with E-state index < -0.39 is 61.0 Å². The van der Waals surface area contributed by atoms with Crippen LogP contribution in [0, 0.1) is 5.92 Å². The minimum absolute atomic E-state index is 0. The van der Waals surface area contributed by atoms with Crippen molar-refractivity contribution in [3.8, 4) is 0 Å². The summed E-state index contributed by atoms with van der Waals surface area (Å²) in [5, 5.41) is 60.3. The number of carbonyl (C=O) groups excluding carboxylic acids is 2. The van der Waals surface area contributed by atoms with E-state index in [1.807, 2.05) is 0 Å². The van der Waals surface area contributed by atoms with Crippen molar-refractivity contribution in [2.45, 2.75) is 55.8 Å². The molecule has 0 saturated carbocycles. The van der Waals surface area contributed by atoms with Gasteiger partial charge in [0.05, 0.1) is 18.6 Å². The van der Waals surface area contributed by atoms with Crippen LogP contribution >= 0.6 is 12.4 Å². The Labute approximate surface area is 196 Å². The minimum Gasteiger partial charge on any atom is -0.481 e. The lowest BCUT2D eigenvalue weighted by Gasteiger charge is -2.22. The van der Waals surface area contributed by atoms with Crippen molar-refractivity contribution < 1.29 is 54.9 Å². The van der Waals surface area contributed by atoms with E-state index in [1.165, 1.54) is 6.08 Å². The minimum atomic E-state index is -1.79. The number of hydrogen-bond acceptors (Lipinski definition) is 12. The zero-order valence-corrected chi connectivity index (χ0v) is 18.5. The summed E-state index contributed by atoms with van der Waals surface area (Å²) < 4.78 is 0. The molecule has 0 fully saturated rings. The molecule has 33 heavy (non-hydrogen) atoms. The Morgan fingerprint density at radius 3 is 2.06 bits per heavy atom. The molecule has 1 rings (SSSR count). The summed E-state index contributed by atoms with van der Waals surface area (Å²) in [5.41, 5.74) is 15.6. The topological polar surface area (TPSA) is 288 Å². The third-order valence-corrected chi connectivity index (χ3v) is 4.16. The van der Waals surface area contributed by atoms with Crippen LogP contribution in [0.1, 0.15) is 19.3 Å². The number of carboxylic acid groups (broad SMARTS) is 2.